The SMILES string of the molecule is N#C/C=C/c1cccc(-c2ccc(C(=O)N3CC(N4CCN(C(=O)c5nccs5)CC4)C3)cc2)c1. The molecule has 0 saturated carbocycles. The molecule has 176 valence electrons. The van der Waals surface area contributed by atoms with Gasteiger partial charge in [0.1, 0.15) is 0 Å². The Labute approximate surface area is 208 Å². The lowest BCUT2D eigenvalue weighted by molar-refractivity contribution is 0.00853. The average molecular weight is 484 g/mol. The summed E-state index contributed by atoms with van der Waals surface area (Å²) < 4.78 is 0. The number of nitriles is 1. The topological polar surface area (TPSA) is 80.5 Å². The molecular formula is C27H25N5O2S. The Hall–Kier alpha value is -3.80. The summed E-state index contributed by atoms with van der Waals surface area (Å²) in [5, 5.41) is 11.1. The van der Waals surface area contributed by atoms with Crippen LogP contribution in [0.1, 0.15) is 25.7 Å². The zero-order valence-corrected chi connectivity index (χ0v) is 20.0. The highest BCUT2D eigenvalue weighted by molar-refractivity contribution is 7.11. The number of thiazole rings is 1. The highest BCUT2D eigenvalue weighted by Crippen LogP contribution is 2.24. The molecule has 2 amide bonds. The van der Waals surface area contributed by atoms with Crippen LogP contribution < -0.4 is 0 Å². The van der Waals surface area contributed by atoms with E-state index in [9.17, 15) is 9.59 Å². The van der Waals surface area contributed by atoms with Crippen LogP contribution in [0, 0.1) is 11.3 Å². The first-order valence-electron chi connectivity index (χ1n) is 11.6. The van der Waals surface area contributed by atoms with Crippen molar-refractivity contribution >= 4 is 29.2 Å². The fourth-order valence-electron chi connectivity index (χ4n) is 4.55. The molecule has 0 bridgehead atoms. The molecule has 5 rings (SSSR count). The number of rotatable bonds is 5. The number of carbonyl (C=O) groups is 2. The first-order valence-corrected chi connectivity index (χ1v) is 12.5. The number of piperazine rings is 1. The number of nitrogens with zero attached hydrogens (tertiary/aromatic N) is 5. The van der Waals surface area contributed by atoms with Gasteiger partial charge in [-0.2, -0.15) is 5.26 Å². The van der Waals surface area contributed by atoms with E-state index >= 15 is 0 Å². The summed E-state index contributed by atoms with van der Waals surface area (Å²) in [5.74, 6) is 0.0648. The molecule has 7 nitrogen and oxygen atoms in total. The van der Waals surface area contributed by atoms with Gasteiger partial charge >= 0.3 is 0 Å². The van der Waals surface area contributed by atoms with Crippen LogP contribution in [0.15, 0.2) is 66.2 Å². The zero-order chi connectivity index (χ0) is 24.2. The van der Waals surface area contributed by atoms with Crippen LogP contribution in [0.4, 0.5) is 0 Å². The number of aromatic nitrogens is 1. The third-order valence-electron chi connectivity index (χ3n) is 6.58. The van der Waals surface area contributed by atoms with Crippen molar-refractivity contribution in [2.45, 2.75) is 6.04 Å². The first kappa shape index (κ1) is 23.0. The van der Waals surface area contributed by atoms with Gasteiger partial charge in [0, 0.05) is 68.5 Å². The van der Waals surface area contributed by atoms with Gasteiger partial charge in [-0.05, 0) is 41.0 Å². The number of allylic oxidation sites excluding steroid dienone is 1. The van der Waals surface area contributed by atoms with Crippen LogP contribution in [-0.2, 0) is 0 Å². The lowest BCUT2D eigenvalue weighted by Crippen LogP contribution is -2.64. The van der Waals surface area contributed by atoms with Gasteiger partial charge in [-0.25, -0.2) is 4.98 Å². The molecule has 0 aliphatic carbocycles. The fraction of sp³-hybridized carbons (Fsp3) is 0.259. The number of carbonyl (C=O) groups excluding carboxylic acids is 2. The second kappa shape index (κ2) is 10.2. The Morgan fingerprint density at radius 1 is 0.971 bits per heavy atom. The van der Waals surface area contributed by atoms with Crippen molar-refractivity contribution in [3.05, 3.63) is 82.3 Å². The maximum absolute atomic E-state index is 13.0. The molecule has 0 atom stereocenters. The highest BCUT2D eigenvalue weighted by Gasteiger charge is 2.37. The first-order chi connectivity index (χ1) is 17.1. The monoisotopic (exact) mass is 483 g/mol. The van der Waals surface area contributed by atoms with E-state index in [1.54, 1.807) is 12.3 Å². The molecule has 0 unspecified atom stereocenters. The number of hydrogen-bond donors (Lipinski definition) is 0. The summed E-state index contributed by atoms with van der Waals surface area (Å²) >= 11 is 1.38. The predicted octanol–water partition coefficient (Wildman–Crippen LogP) is 3.63. The van der Waals surface area contributed by atoms with E-state index in [1.165, 1.54) is 17.4 Å². The van der Waals surface area contributed by atoms with Crippen molar-refractivity contribution in [2.75, 3.05) is 39.3 Å². The second-order valence-electron chi connectivity index (χ2n) is 8.69. The summed E-state index contributed by atoms with van der Waals surface area (Å²) in [6, 6.07) is 18.0. The van der Waals surface area contributed by atoms with Gasteiger partial charge in [0.15, 0.2) is 5.01 Å². The van der Waals surface area contributed by atoms with E-state index in [0.29, 0.717) is 42.8 Å². The molecule has 2 aliphatic heterocycles. The molecule has 3 aromatic rings. The van der Waals surface area contributed by atoms with Crippen molar-refractivity contribution in [1.82, 2.24) is 19.7 Å². The maximum atomic E-state index is 13.0. The Bertz CT molecular complexity index is 1270. The van der Waals surface area contributed by atoms with Crippen molar-refractivity contribution in [3.8, 4) is 17.2 Å². The molecule has 3 heterocycles. The van der Waals surface area contributed by atoms with Gasteiger partial charge in [0.2, 0.25) is 0 Å². The molecule has 0 N–H and O–H groups in total. The number of amides is 2. The normalized spacial score (nSPS) is 16.8. The van der Waals surface area contributed by atoms with Gasteiger partial charge in [-0.15, -0.1) is 11.3 Å². The Kier molecular flexibility index (Phi) is 6.70. The molecule has 0 radical (unpaired) electrons. The molecule has 0 spiro atoms. The summed E-state index contributed by atoms with van der Waals surface area (Å²) in [5.41, 5.74) is 3.72. The van der Waals surface area contributed by atoms with E-state index in [0.717, 1.165) is 29.8 Å². The van der Waals surface area contributed by atoms with E-state index in [2.05, 4.69) is 9.88 Å². The van der Waals surface area contributed by atoms with Crippen LogP contribution in [0.3, 0.4) is 0 Å². The zero-order valence-electron chi connectivity index (χ0n) is 19.2. The van der Waals surface area contributed by atoms with Crippen LogP contribution in [-0.4, -0.2) is 76.8 Å². The van der Waals surface area contributed by atoms with Crippen LogP contribution in [0.25, 0.3) is 17.2 Å². The summed E-state index contributed by atoms with van der Waals surface area (Å²) in [7, 11) is 0. The van der Waals surface area contributed by atoms with Crippen molar-refractivity contribution in [1.29, 1.82) is 5.26 Å². The standard InChI is InChI=1S/C27H25N5O2S/c28-10-2-4-20-3-1-5-23(17-20)21-6-8-22(9-7-21)26(33)32-18-24(19-32)30-12-14-31(15-13-30)27(34)25-29-11-16-35-25/h1-9,11,16-17,24H,12-15,18-19H2/b4-2+. The fourth-order valence-corrected chi connectivity index (χ4v) is 5.15. The van der Waals surface area contributed by atoms with Gasteiger partial charge in [-0.3, -0.25) is 14.5 Å². The van der Waals surface area contributed by atoms with E-state index in [-0.39, 0.29) is 11.8 Å². The predicted molar refractivity (Wildman–Crippen MR) is 136 cm³/mol. The Morgan fingerprint density at radius 2 is 1.74 bits per heavy atom. The summed E-state index contributed by atoms with van der Waals surface area (Å²) in [6.07, 6.45) is 4.90. The van der Waals surface area contributed by atoms with Gasteiger partial charge in [0.05, 0.1) is 6.07 Å². The van der Waals surface area contributed by atoms with E-state index in [1.807, 2.05) is 69.8 Å². The Morgan fingerprint density at radius 3 is 2.43 bits per heavy atom. The smallest absolute Gasteiger partial charge is 0.282 e. The number of hydrogen-bond acceptors (Lipinski definition) is 6. The highest BCUT2D eigenvalue weighted by atomic mass is 32.1. The van der Waals surface area contributed by atoms with Crippen LogP contribution in [0.5, 0.6) is 0 Å². The van der Waals surface area contributed by atoms with E-state index in [4.69, 9.17) is 5.26 Å². The Balaban J connectivity index is 1.13. The average Bonchev–Trinajstić information content (AvgIpc) is 3.42. The number of benzene rings is 2. The number of likely N-dealkylation sites (tertiary alicyclic amines) is 1. The second-order valence-corrected chi connectivity index (χ2v) is 9.59. The summed E-state index contributed by atoms with van der Waals surface area (Å²) in [4.78, 5) is 35.7. The molecule has 1 aromatic heterocycles. The maximum Gasteiger partial charge on any atom is 0.282 e. The molecule has 2 fully saturated rings. The molecule has 2 aromatic carbocycles. The third kappa shape index (κ3) is 5.02. The van der Waals surface area contributed by atoms with Crippen molar-refractivity contribution < 1.29 is 9.59 Å². The molecule has 8 heteroatoms. The molecule has 35 heavy (non-hydrogen) atoms. The van der Waals surface area contributed by atoms with Gasteiger partial charge in [0.25, 0.3) is 11.8 Å². The van der Waals surface area contributed by atoms with Gasteiger partial charge < -0.3 is 9.80 Å². The minimum atomic E-state index is 0.0128. The van der Waals surface area contributed by atoms with Gasteiger partial charge in [-0.1, -0.05) is 30.3 Å². The van der Waals surface area contributed by atoms with E-state index < -0.39 is 0 Å². The third-order valence-corrected chi connectivity index (χ3v) is 7.35. The van der Waals surface area contributed by atoms with Crippen LogP contribution in [0.2, 0.25) is 0 Å². The molecule has 2 saturated heterocycles. The molecular weight excluding hydrogens is 458 g/mol. The summed E-state index contributed by atoms with van der Waals surface area (Å²) in [6.45, 7) is 4.46. The molecule has 2 aliphatic rings. The lowest BCUT2D eigenvalue weighted by atomic mass is 10.00. The minimum absolute atomic E-state index is 0.0128. The lowest BCUT2D eigenvalue weighted by Gasteiger charge is -2.48. The van der Waals surface area contributed by atoms with Crippen molar-refractivity contribution in [3.63, 3.8) is 0 Å². The van der Waals surface area contributed by atoms with Crippen molar-refractivity contribution in [2.24, 2.45) is 0 Å². The largest absolute Gasteiger partial charge is 0.335 e. The minimum Gasteiger partial charge on any atom is -0.335 e. The van der Waals surface area contributed by atoms with Crippen LogP contribution >= 0.6 is 11.3 Å². The quantitative estimate of drug-likeness (QED) is 0.518.